The Bertz CT molecular complexity index is 804. The molecule has 3 fully saturated rings. The van der Waals surface area contributed by atoms with Crippen LogP contribution in [-0.2, 0) is 16.0 Å². The van der Waals surface area contributed by atoms with Gasteiger partial charge in [-0.2, -0.15) is 0 Å². The highest BCUT2D eigenvalue weighted by Crippen LogP contribution is 2.41. The number of nitrogens with two attached hydrogens (primary N) is 1. The number of nitrogens with one attached hydrogen (secondary N) is 1. The third-order valence-electron chi connectivity index (χ3n) is 8.83. The molecule has 1 saturated carbocycles. The van der Waals surface area contributed by atoms with Gasteiger partial charge in [0.15, 0.2) is 0 Å². The van der Waals surface area contributed by atoms with Gasteiger partial charge in [0, 0.05) is 32.2 Å². The van der Waals surface area contributed by atoms with Crippen molar-refractivity contribution in [3.63, 3.8) is 0 Å². The predicted molar refractivity (Wildman–Crippen MR) is 132 cm³/mol. The lowest BCUT2D eigenvalue weighted by Gasteiger charge is -2.44. The van der Waals surface area contributed by atoms with E-state index in [-0.39, 0.29) is 29.7 Å². The van der Waals surface area contributed by atoms with Gasteiger partial charge >= 0.3 is 0 Å². The van der Waals surface area contributed by atoms with Crippen LogP contribution in [0.3, 0.4) is 0 Å². The van der Waals surface area contributed by atoms with Crippen LogP contribution in [0.2, 0.25) is 0 Å². The fourth-order valence-electron chi connectivity index (χ4n) is 6.90. The van der Waals surface area contributed by atoms with Gasteiger partial charge in [-0.15, -0.1) is 0 Å². The normalized spacial score (nSPS) is 26.7. The average Bonchev–Trinajstić information content (AvgIpc) is 3.42. The van der Waals surface area contributed by atoms with Crippen molar-refractivity contribution < 1.29 is 9.59 Å². The topological polar surface area (TPSA) is 78.7 Å². The lowest BCUT2D eigenvalue weighted by Crippen LogP contribution is -2.65. The van der Waals surface area contributed by atoms with Gasteiger partial charge in [-0.3, -0.25) is 9.59 Å². The Morgan fingerprint density at radius 2 is 1.85 bits per heavy atom. The fraction of sp³-hybridized carbons (Fsp3) is 0.704. The quantitative estimate of drug-likeness (QED) is 0.601. The Kier molecular flexibility index (Phi) is 7.75. The van der Waals surface area contributed by atoms with Crippen LogP contribution in [0.4, 0.5) is 0 Å². The van der Waals surface area contributed by atoms with E-state index in [1.165, 1.54) is 12.0 Å². The molecule has 33 heavy (non-hydrogen) atoms. The van der Waals surface area contributed by atoms with E-state index in [2.05, 4.69) is 45.4 Å². The van der Waals surface area contributed by atoms with E-state index in [9.17, 15) is 9.59 Å². The second-order valence-corrected chi connectivity index (χ2v) is 10.5. The molecule has 0 radical (unpaired) electrons. The number of amides is 2. The summed E-state index contributed by atoms with van der Waals surface area (Å²) in [5.74, 6) is 0.163. The molecule has 2 saturated heterocycles. The van der Waals surface area contributed by atoms with Crippen molar-refractivity contribution >= 4 is 11.8 Å². The molecule has 6 nitrogen and oxygen atoms in total. The first kappa shape index (κ1) is 24.2. The van der Waals surface area contributed by atoms with E-state index >= 15 is 0 Å². The third-order valence-corrected chi connectivity index (χ3v) is 8.83. The van der Waals surface area contributed by atoms with Crippen LogP contribution in [0.5, 0.6) is 0 Å². The van der Waals surface area contributed by atoms with Crippen LogP contribution >= 0.6 is 0 Å². The highest BCUT2D eigenvalue weighted by atomic mass is 16.2. The number of rotatable bonds is 9. The van der Waals surface area contributed by atoms with E-state index in [1.807, 2.05) is 6.92 Å². The van der Waals surface area contributed by atoms with Gasteiger partial charge in [-0.1, -0.05) is 56.5 Å². The highest BCUT2D eigenvalue weighted by molar-refractivity contribution is 5.93. The molecule has 1 unspecified atom stereocenters. The van der Waals surface area contributed by atoms with E-state index in [4.69, 9.17) is 5.73 Å². The number of likely N-dealkylation sites (N-methyl/N-ethyl adjacent to an activating group) is 1. The monoisotopic (exact) mass is 454 g/mol. The van der Waals surface area contributed by atoms with Crippen molar-refractivity contribution in [2.24, 2.45) is 23.5 Å². The van der Waals surface area contributed by atoms with Crippen molar-refractivity contribution in [1.82, 2.24) is 15.1 Å². The minimum Gasteiger partial charge on any atom is -0.368 e. The Morgan fingerprint density at radius 3 is 2.48 bits per heavy atom. The second kappa shape index (κ2) is 10.6. The number of nitrogens with zero attached hydrogens (tertiary/aromatic N) is 2. The maximum atomic E-state index is 14.2. The maximum Gasteiger partial charge on any atom is 0.238 e. The molecule has 3 N–H and O–H groups in total. The van der Waals surface area contributed by atoms with Crippen molar-refractivity contribution in [2.45, 2.75) is 69.9 Å². The molecular formula is C27H42N4O2. The zero-order chi connectivity index (χ0) is 23.4. The Balaban J connectivity index is 1.50. The molecule has 2 aliphatic heterocycles. The number of carbonyl (C=O) groups excluding carboxylic acids is 2. The van der Waals surface area contributed by atoms with Crippen LogP contribution in [0, 0.1) is 17.8 Å². The molecule has 3 aliphatic rings. The van der Waals surface area contributed by atoms with E-state index < -0.39 is 5.54 Å². The number of carbonyl (C=O) groups is 2. The van der Waals surface area contributed by atoms with E-state index in [1.54, 1.807) is 7.05 Å². The number of benzene rings is 1. The van der Waals surface area contributed by atoms with Gasteiger partial charge in [0.2, 0.25) is 11.8 Å². The van der Waals surface area contributed by atoms with Gasteiger partial charge in [0.1, 0.15) is 5.54 Å². The number of likely N-dealkylation sites (tertiary alicyclic amines) is 2. The SMILES string of the molecule is CCC(NC)(C(N)=O)[C@@H](C(=O)N1CC[C@H]2CN(CCc3ccccc3)C[C@H]21)C1CCCCC1. The number of hydrogen-bond acceptors (Lipinski definition) is 4. The minimum atomic E-state index is -0.969. The second-order valence-electron chi connectivity index (χ2n) is 10.5. The smallest absolute Gasteiger partial charge is 0.238 e. The fourth-order valence-corrected chi connectivity index (χ4v) is 6.90. The third kappa shape index (κ3) is 4.83. The molecular weight excluding hydrogens is 412 g/mol. The van der Waals surface area contributed by atoms with Crippen molar-refractivity contribution in [3.8, 4) is 0 Å². The van der Waals surface area contributed by atoms with Gasteiger partial charge in [-0.05, 0) is 56.6 Å². The van der Waals surface area contributed by atoms with Crippen LogP contribution < -0.4 is 11.1 Å². The molecule has 2 heterocycles. The van der Waals surface area contributed by atoms with Crippen molar-refractivity contribution in [1.29, 1.82) is 0 Å². The maximum absolute atomic E-state index is 14.2. The molecule has 0 bridgehead atoms. The molecule has 6 heteroatoms. The summed E-state index contributed by atoms with van der Waals surface area (Å²) in [6.45, 7) is 5.83. The Morgan fingerprint density at radius 1 is 1.12 bits per heavy atom. The summed E-state index contributed by atoms with van der Waals surface area (Å²) in [4.78, 5) is 31.6. The highest BCUT2D eigenvalue weighted by Gasteiger charge is 2.53. The van der Waals surface area contributed by atoms with Gasteiger partial charge in [0.25, 0.3) is 0 Å². The summed E-state index contributed by atoms with van der Waals surface area (Å²) in [7, 11) is 1.80. The van der Waals surface area contributed by atoms with Gasteiger partial charge in [0.05, 0.1) is 5.92 Å². The first-order chi connectivity index (χ1) is 16.0. The molecule has 4 rings (SSSR count). The molecule has 4 atom stereocenters. The molecule has 1 aromatic carbocycles. The van der Waals surface area contributed by atoms with Crippen LogP contribution in [-0.4, -0.2) is 66.4 Å². The van der Waals surface area contributed by atoms with E-state index in [0.29, 0.717) is 12.3 Å². The largest absolute Gasteiger partial charge is 0.368 e. The van der Waals surface area contributed by atoms with Crippen LogP contribution in [0.1, 0.15) is 57.4 Å². The molecule has 0 spiro atoms. The summed E-state index contributed by atoms with van der Waals surface area (Å²) in [6.07, 6.45) is 8.15. The van der Waals surface area contributed by atoms with Crippen LogP contribution in [0.25, 0.3) is 0 Å². The zero-order valence-electron chi connectivity index (χ0n) is 20.5. The molecule has 0 aromatic heterocycles. The average molecular weight is 455 g/mol. The lowest BCUT2D eigenvalue weighted by molar-refractivity contribution is -0.148. The molecule has 182 valence electrons. The summed E-state index contributed by atoms with van der Waals surface area (Å²) < 4.78 is 0. The number of hydrogen-bond donors (Lipinski definition) is 2. The van der Waals surface area contributed by atoms with Crippen molar-refractivity contribution in [3.05, 3.63) is 35.9 Å². The first-order valence-electron chi connectivity index (χ1n) is 13.1. The minimum absolute atomic E-state index is 0.161. The summed E-state index contributed by atoms with van der Waals surface area (Å²) >= 11 is 0. The Hall–Kier alpha value is -1.92. The molecule has 1 aromatic rings. The first-order valence-corrected chi connectivity index (χ1v) is 13.1. The lowest BCUT2D eigenvalue weighted by atomic mass is 9.68. The summed E-state index contributed by atoms with van der Waals surface area (Å²) in [6, 6.07) is 10.9. The summed E-state index contributed by atoms with van der Waals surface area (Å²) in [5, 5.41) is 3.24. The van der Waals surface area contributed by atoms with Crippen LogP contribution in [0.15, 0.2) is 30.3 Å². The van der Waals surface area contributed by atoms with E-state index in [0.717, 1.165) is 64.7 Å². The van der Waals surface area contributed by atoms with Gasteiger partial charge < -0.3 is 20.9 Å². The van der Waals surface area contributed by atoms with Gasteiger partial charge in [-0.25, -0.2) is 0 Å². The molecule has 2 amide bonds. The number of fused-ring (bicyclic) bond motifs is 1. The standard InChI is InChI=1S/C27H42N4O2/c1-3-27(29-2,26(28)33)24(21-12-8-5-9-13-21)25(32)31-17-15-22-18-30(19-23(22)31)16-14-20-10-6-4-7-11-20/h4,6-7,10-11,21-24,29H,3,5,8-9,12-19H2,1-2H3,(H2,28,33)/t22-,23+,24+,27?/m0/s1. The van der Waals surface area contributed by atoms with Crippen molar-refractivity contribution in [2.75, 3.05) is 33.2 Å². The predicted octanol–water partition coefficient (Wildman–Crippen LogP) is 2.81. The zero-order valence-corrected chi connectivity index (χ0v) is 20.5. The Labute approximate surface area is 199 Å². The summed E-state index contributed by atoms with van der Waals surface area (Å²) in [5.41, 5.74) is 6.37. The molecule has 1 aliphatic carbocycles. The number of primary amides is 1.